The van der Waals surface area contributed by atoms with Gasteiger partial charge in [-0.2, -0.15) is 5.26 Å². The van der Waals surface area contributed by atoms with Crippen LogP contribution in [0.4, 0.5) is 17.1 Å². The van der Waals surface area contributed by atoms with E-state index in [0.29, 0.717) is 15.7 Å². The summed E-state index contributed by atoms with van der Waals surface area (Å²) in [7, 11) is 1.30. The van der Waals surface area contributed by atoms with Crippen molar-refractivity contribution in [3.05, 3.63) is 68.3 Å². The molecule has 0 saturated carbocycles. The zero-order chi connectivity index (χ0) is 20.0. The van der Waals surface area contributed by atoms with Crippen molar-refractivity contribution in [1.82, 2.24) is 0 Å². The second-order valence-electron chi connectivity index (χ2n) is 5.03. The van der Waals surface area contributed by atoms with Crippen molar-refractivity contribution in [2.75, 3.05) is 17.7 Å². The van der Waals surface area contributed by atoms with Crippen molar-refractivity contribution in [1.29, 1.82) is 5.26 Å². The number of methoxy groups -OCH3 is 1. The number of halogens is 2. The van der Waals surface area contributed by atoms with E-state index >= 15 is 0 Å². The van der Waals surface area contributed by atoms with Crippen LogP contribution in [0.15, 0.2) is 48.2 Å². The Kier molecular flexibility index (Phi) is 6.60. The van der Waals surface area contributed by atoms with Gasteiger partial charge < -0.3 is 15.4 Å². The third-order valence-corrected chi connectivity index (χ3v) is 3.87. The normalized spacial score (nSPS) is 10.7. The molecule has 8 nitrogen and oxygen atoms in total. The Balaban J connectivity index is 2.21. The molecule has 2 N–H and O–H groups in total. The molecule has 2 aromatic rings. The van der Waals surface area contributed by atoms with Crippen LogP contribution in [0.1, 0.15) is 0 Å². The number of hydrogen-bond donors (Lipinski definition) is 2. The molecule has 1 amide bonds. The summed E-state index contributed by atoms with van der Waals surface area (Å²) in [5.41, 5.74) is 0.136. The Labute approximate surface area is 164 Å². The number of nitro benzene ring substituents is 1. The SMILES string of the molecule is COc1cc([N+](=O)[O-])ccc1NC(=O)/C(C#N)=C\Nc1cc(Cl)ccc1Cl. The molecule has 0 aromatic heterocycles. The molecule has 0 saturated heterocycles. The first kappa shape index (κ1) is 20.0. The van der Waals surface area contributed by atoms with E-state index in [0.717, 1.165) is 6.07 Å². The number of nitrogens with zero attached hydrogens (tertiary/aromatic N) is 2. The maximum atomic E-state index is 12.3. The van der Waals surface area contributed by atoms with E-state index < -0.39 is 10.8 Å². The third kappa shape index (κ3) is 5.10. The number of nitrogens with one attached hydrogen (secondary N) is 2. The van der Waals surface area contributed by atoms with E-state index in [2.05, 4.69) is 10.6 Å². The molecule has 2 aromatic carbocycles. The molecule has 0 aliphatic rings. The number of nitriles is 1. The monoisotopic (exact) mass is 406 g/mol. The summed E-state index contributed by atoms with van der Waals surface area (Å²) in [6.07, 6.45) is 1.17. The number of carbonyl (C=O) groups is 1. The topological polar surface area (TPSA) is 117 Å². The molecule has 0 aliphatic carbocycles. The van der Waals surface area contributed by atoms with Crippen molar-refractivity contribution in [2.45, 2.75) is 0 Å². The van der Waals surface area contributed by atoms with Crippen LogP contribution < -0.4 is 15.4 Å². The summed E-state index contributed by atoms with van der Waals surface area (Å²) in [5, 5.41) is 26.0. The van der Waals surface area contributed by atoms with Crippen LogP contribution in [0.3, 0.4) is 0 Å². The lowest BCUT2D eigenvalue weighted by Gasteiger charge is -2.10. The van der Waals surface area contributed by atoms with Crippen LogP contribution in [0.25, 0.3) is 0 Å². The number of anilines is 2. The molecule has 0 heterocycles. The quantitative estimate of drug-likeness (QED) is 0.318. The highest BCUT2D eigenvalue weighted by Gasteiger charge is 2.16. The summed E-state index contributed by atoms with van der Waals surface area (Å²) in [6, 6.07) is 10.1. The van der Waals surface area contributed by atoms with Gasteiger partial charge in [0.25, 0.3) is 11.6 Å². The van der Waals surface area contributed by atoms with Gasteiger partial charge in [-0.25, -0.2) is 0 Å². The van der Waals surface area contributed by atoms with Crippen LogP contribution in [-0.2, 0) is 4.79 Å². The third-order valence-electron chi connectivity index (χ3n) is 3.31. The number of rotatable bonds is 6. The lowest BCUT2D eigenvalue weighted by atomic mass is 10.2. The molecule has 0 spiro atoms. The fourth-order valence-corrected chi connectivity index (χ4v) is 2.34. The fourth-order valence-electron chi connectivity index (χ4n) is 1.99. The summed E-state index contributed by atoms with van der Waals surface area (Å²) < 4.78 is 5.04. The minimum absolute atomic E-state index is 0.0840. The van der Waals surface area contributed by atoms with Gasteiger partial charge in [0.05, 0.1) is 34.5 Å². The van der Waals surface area contributed by atoms with Gasteiger partial charge in [-0.1, -0.05) is 23.2 Å². The smallest absolute Gasteiger partial charge is 0.273 e. The highest BCUT2D eigenvalue weighted by Crippen LogP contribution is 2.29. The van der Waals surface area contributed by atoms with Gasteiger partial charge in [-0.05, 0) is 24.3 Å². The van der Waals surface area contributed by atoms with Crippen LogP contribution >= 0.6 is 23.2 Å². The highest BCUT2D eigenvalue weighted by atomic mass is 35.5. The number of benzene rings is 2. The first-order valence-corrected chi connectivity index (χ1v) is 8.07. The summed E-state index contributed by atoms with van der Waals surface area (Å²) >= 11 is 11.9. The maximum Gasteiger partial charge on any atom is 0.273 e. The maximum absolute atomic E-state index is 12.3. The minimum Gasteiger partial charge on any atom is -0.494 e. The molecule has 2 rings (SSSR count). The Morgan fingerprint density at radius 2 is 2.00 bits per heavy atom. The Morgan fingerprint density at radius 1 is 1.26 bits per heavy atom. The van der Waals surface area contributed by atoms with Gasteiger partial charge in [-0.15, -0.1) is 0 Å². The van der Waals surface area contributed by atoms with Crippen molar-refractivity contribution >= 4 is 46.2 Å². The number of ether oxygens (including phenoxy) is 1. The van der Waals surface area contributed by atoms with Crippen LogP contribution in [-0.4, -0.2) is 17.9 Å². The first-order valence-electron chi connectivity index (χ1n) is 7.31. The summed E-state index contributed by atoms with van der Waals surface area (Å²) in [4.78, 5) is 22.5. The Morgan fingerprint density at radius 3 is 2.63 bits per heavy atom. The van der Waals surface area contributed by atoms with Gasteiger partial charge in [0, 0.05) is 17.3 Å². The van der Waals surface area contributed by atoms with E-state index in [-0.39, 0.29) is 22.7 Å². The molecular weight excluding hydrogens is 395 g/mol. The van der Waals surface area contributed by atoms with Crippen molar-refractivity contribution in [3.8, 4) is 11.8 Å². The van der Waals surface area contributed by atoms with E-state index in [1.165, 1.54) is 31.5 Å². The van der Waals surface area contributed by atoms with Gasteiger partial charge in [0.15, 0.2) is 0 Å². The van der Waals surface area contributed by atoms with Crippen LogP contribution in [0.2, 0.25) is 10.0 Å². The molecule has 10 heteroatoms. The number of hydrogen-bond acceptors (Lipinski definition) is 6. The Hall–Kier alpha value is -3.28. The van der Waals surface area contributed by atoms with Gasteiger partial charge >= 0.3 is 0 Å². The van der Waals surface area contributed by atoms with Gasteiger partial charge in [-0.3, -0.25) is 14.9 Å². The van der Waals surface area contributed by atoms with E-state index in [4.69, 9.17) is 27.9 Å². The van der Waals surface area contributed by atoms with Gasteiger partial charge in [0.1, 0.15) is 17.4 Å². The second kappa shape index (κ2) is 8.89. The molecule has 0 atom stereocenters. The van der Waals surface area contributed by atoms with E-state index in [9.17, 15) is 20.2 Å². The molecule has 0 unspecified atom stereocenters. The predicted octanol–water partition coefficient (Wildman–Crippen LogP) is 4.37. The lowest BCUT2D eigenvalue weighted by Crippen LogP contribution is -2.15. The summed E-state index contributed by atoms with van der Waals surface area (Å²) in [6.45, 7) is 0. The first-order chi connectivity index (χ1) is 12.8. The predicted molar refractivity (Wildman–Crippen MR) is 102 cm³/mol. The van der Waals surface area contributed by atoms with Crippen LogP contribution in [0, 0.1) is 21.4 Å². The number of amides is 1. The van der Waals surface area contributed by atoms with E-state index in [1.54, 1.807) is 18.2 Å². The van der Waals surface area contributed by atoms with Crippen molar-refractivity contribution in [2.24, 2.45) is 0 Å². The van der Waals surface area contributed by atoms with Gasteiger partial charge in [0.2, 0.25) is 0 Å². The number of nitro groups is 1. The average molecular weight is 407 g/mol. The van der Waals surface area contributed by atoms with Crippen LogP contribution in [0.5, 0.6) is 5.75 Å². The zero-order valence-corrected chi connectivity index (χ0v) is 15.3. The minimum atomic E-state index is -0.740. The molecule has 138 valence electrons. The molecule has 0 aliphatic heterocycles. The highest BCUT2D eigenvalue weighted by molar-refractivity contribution is 6.35. The fraction of sp³-hybridized carbons (Fsp3) is 0.0588. The van der Waals surface area contributed by atoms with E-state index in [1.807, 2.05) is 0 Å². The number of non-ortho nitro benzene ring substituents is 1. The average Bonchev–Trinajstić information content (AvgIpc) is 2.65. The van der Waals surface area contributed by atoms with Crippen molar-refractivity contribution < 1.29 is 14.5 Å². The summed E-state index contributed by atoms with van der Waals surface area (Å²) in [5.74, 6) is -0.656. The molecule has 0 radical (unpaired) electrons. The standard InChI is InChI=1S/C17H12Cl2N4O4/c1-27-16-7-12(23(25)26)3-5-14(16)22-17(24)10(8-20)9-21-15-6-11(18)2-4-13(15)19/h2-7,9,21H,1H3,(H,22,24)/b10-9-. The Bertz CT molecular complexity index is 970. The molecule has 0 fully saturated rings. The number of carbonyl (C=O) groups excluding carboxylic acids is 1. The molecule has 27 heavy (non-hydrogen) atoms. The largest absolute Gasteiger partial charge is 0.494 e. The second-order valence-corrected chi connectivity index (χ2v) is 5.88. The molecular formula is C17H12Cl2N4O4. The van der Waals surface area contributed by atoms with Crippen molar-refractivity contribution in [3.63, 3.8) is 0 Å². The molecule has 0 bridgehead atoms. The lowest BCUT2D eigenvalue weighted by molar-refractivity contribution is -0.384. The zero-order valence-electron chi connectivity index (χ0n) is 13.8.